The van der Waals surface area contributed by atoms with Gasteiger partial charge in [-0.2, -0.15) is 0 Å². The second-order valence-corrected chi connectivity index (χ2v) is 5.97. The van der Waals surface area contributed by atoms with Crippen LogP contribution in [0.5, 0.6) is 0 Å². The maximum atomic E-state index is 12.4. The molecule has 5 nitrogen and oxygen atoms in total. The molecule has 1 atom stereocenters. The summed E-state index contributed by atoms with van der Waals surface area (Å²) < 4.78 is 0. The average Bonchev–Trinajstić information content (AvgIpc) is 2.62. The molecule has 1 aliphatic rings. The van der Waals surface area contributed by atoms with Crippen molar-refractivity contribution in [2.24, 2.45) is 5.92 Å². The summed E-state index contributed by atoms with van der Waals surface area (Å²) >= 11 is 0. The van der Waals surface area contributed by atoms with Crippen molar-refractivity contribution < 1.29 is 4.79 Å². The van der Waals surface area contributed by atoms with Crippen molar-refractivity contribution >= 4 is 5.91 Å². The third-order valence-corrected chi connectivity index (χ3v) is 4.19. The first kappa shape index (κ1) is 15.6. The number of rotatable bonds is 5. The summed E-state index contributed by atoms with van der Waals surface area (Å²) in [6, 6.07) is 10.4. The van der Waals surface area contributed by atoms with Crippen molar-refractivity contribution in [2.75, 3.05) is 13.1 Å². The molecule has 0 saturated carbocycles. The normalized spacial score (nSPS) is 18.5. The van der Waals surface area contributed by atoms with E-state index in [0.29, 0.717) is 6.54 Å². The van der Waals surface area contributed by atoms with E-state index in [4.69, 9.17) is 0 Å². The predicted octanol–water partition coefficient (Wildman–Crippen LogP) is 2.00. The molecule has 1 saturated heterocycles. The Morgan fingerprint density at radius 2 is 2.13 bits per heavy atom. The fraction of sp³-hybridized carbons (Fsp3) is 0.389. The van der Waals surface area contributed by atoms with Gasteiger partial charge in [-0.3, -0.25) is 19.7 Å². The zero-order valence-corrected chi connectivity index (χ0v) is 13.2. The Morgan fingerprint density at radius 3 is 2.91 bits per heavy atom. The summed E-state index contributed by atoms with van der Waals surface area (Å²) in [5.41, 5.74) is 2.09. The summed E-state index contributed by atoms with van der Waals surface area (Å²) in [7, 11) is 0. The first-order valence-corrected chi connectivity index (χ1v) is 8.10. The monoisotopic (exact) mass is 310 g/mol. The van der Waals surface area contributed by atoms with Crippen LogP contribution in [0.3, 0.4) is 0 Å². The van der Waals surface area contributed by atoms with Crippen molar-refractivity contribution in [3.63, 3.8) is 0 Å². The minimum absolute atomic E-state index is 0.0594. The minimum atomic E-state index is 0.0594. The zero-order chi connectivity index (χ0) is 15.9. The van der Waals surface area contributed by atoms with Crippen LogP contribution in [-0.4, -0.2) is 33.9 Å². The van der Waals surface area contributed by atoms with Gasteiger partial charge in [0.15, 0.2) is 0 Å². The summed E-state index contributed by atoms with van der Waals surface area (Å²) in [4.78, 5) is 22.9. The van der Waals surface area contributed by atoms with Gasteiger partial charge in [0.1, 0.15) is 0 Å². The molecule has 0 radical (unpaired) electrons. The molecule has 0 spiro atoms. The minimum Gasteiger partial charge on any atom is -0.350 e. The summed E-state index contributed by atoms with van der Waals surface area (Å²) in [6.07, 6.45) is 6.98. The molecule has 1 amide bonds. The molecule has 1 aromatic heterocycles. The molecule has 1 fully saturated rings. The summed E-state index contributed by atoms with van der Waals surface area (Å²) in [5, 5.41) is 2.98. The van der Waals surface area contributed by atoms with E-state index in [0.717, 1.165) is 38.2 Å². The van der Waals surface area contributed by atoms with Crippen molar-refractivity contribution in [3.05, 3.63) is 60.2 Å². The molecule has 0 aliphatic carbocycles. The van der Waals surface area contributed by atoms with E-state index in [9.17, 15) is 4.79 Å². The van der Waals surface area contributed by atoms with E-state index >= 15 is 0 Å². The van der Waals surface area contributed by atoms with Crippen LogP contribution in [0, 0.1) is 5.92 Å². The molecule has 0 unspecified atom stereocenters. The molecular weight excluding hydrogens is 288 g/mol. The highest BCUT2D eigenvalue weighted by Gasteiger charge is 2.25. The fourth-order valence-corrected chi connectivity index (χ4v) is 3.00. The van der Waals surface area contributed by atoms with Crippen LogP contribution >= 0.6 is 0 Å². The number of hydrogen-bond donors (Lipinski definition) is 1. The average molecular weight is 310 g/mol. The second-order valence-electron chi connectivity index (χ2n) is 5.97. The van der Waals surface area contributed by atoms with Crippen molar-refractivity contribution in [1.82, 2.24) is 20.2 Å². The first-order chi connectivity index (χ1) is 11.3. The molecule has 1 N–H and O–H groups in total. The number of carbonyl (C=O) groups is 1. The molecule has 120 valence electrons. The smallest absolute Gasteiger partial charge is 0.224 e. The van der Waals surface area contributed by atoms with Crippen LogP contribution in [0.1, 0.15) is 24.1 Å². The third-order valence-electron chi connectivity index (χ3n) is 4.19. The lowest BCUT2D eigenvalue weighted by Gasteiger charge is -2.32. The number of benzene rings is 1. The number of aromatic nitrogens is 2. The van der Waals surface area contributed by atoms with Gasteiger partial charge in [-0.1, -0.05) is 30.3 Å². The van der Waals surface area contributed by atoms with E-state index in [1.165, 1.54) is 5.56 Å². The summed E-state index contributed by atoms with van der Waals surface area (Å²) in [5.74, 6) is 0.178. The van der Waals surface area contributed by atoms with E-state index < -0.39 is 0 Å². The van der Waals surface area contributed by atoms with Gasteiger partial charge in [0.2, 0.25) is 5.91 Å². The molecule has 23 heavy (non-hydrogen) atoms. The molecular formula is C18H22N4O. The highest BCUT2D eigenvalue weighted by molar-refractivity contribution is 5.78. The van der Waals surface area contributed by atoms with E-state index in [1.807, 2.05) is 6.07 Å². The Labute approximate surface area is 136 Å². The molecule has 5 heteroatoms. The fourth-order valence-electron chi connectivity index (χ4n) is 3.00. The molecule has 1 aliphatic heterocycles. The van der Waals surface area contributed by atoms with Crippen LogP contribution in [0.4, 0.5) is 0 Å². The van der Waals surface area contributed by atoms with Crippen molar-refractivity contribution in [2.45, 2.75) is 25.9 Å². The number of carbonyl (C=O) groups excluding carboxylic acids is 1. The molecule has 0 bridgehead atoms. The summed E-state index contributed by atoms with van der Waals surface area (Å²) in [6.45, 7) is 3.24. The zero-order valence-electron chi connectivity index (χ0n) is 13.2. The van der Waals surface area contributed by atoms with Crippen LogP contribution in [-0.2, 0) is 17.9 Å². The maximum Gasteiger partial charge on any atom is 0.224 e. The van der Waals surface area contributed by atoms with Gasteiger partial charge < -0.3 is 5.32 Å². The molecule has 2 aromatic rings. The number of amides is 1. The largest absolute Gasteiger partial charge is 0.350 e. The Morgan fingerprint density at radius 1 is 1.26 bits per heavy atom. The maximum absolute atomic E-state index is 12.4. The van der Waals surface area contributed by atoms with Gasteiger partial charge >= 0.3 is 0 Å². The van der Waals surface area contributed by atoms with Crippen molar-refractivity contribution in [1.29, 1.82) is 0 Å². The Balaban J connectivity index is 1.50. The number of nitrogens with zero attached hydrogens (tertiary/aromatic N) is 3. The Kier molecular flexibility index (Phi) is 5.32. The quantitative estimate of drug-likeness (QED) is 0.918. The lowest BCUT2D eigenvalue weighted by molar-refractivity contribution is -0.127. The van der Waals surface area contributed by atoms with Crippen LogP contribution in [0.15, 0.2) is 48.9 Å². The van der Waals surface area contributed by atoms with E-state index in [1.54, 1.807) is 18.6 Å². The lowest BCUT2D eigenvalue weighted by atomic mass is 9.96. The highest BCUT2D eigenvalue weighted by Crippen LogP contribution is 2.18. The van der Waals surface area contributed by atoms with Gasteiger partial charge in [-0.15, -0.1) is 0 Å². The molecule has 3 rings (SSSR count). The van der Waals surface area contributed by atoms with Gasteiger partial charge in [-0.25, -0.2) is 0 Å². The van der Waals surface area contributed by atoms with Gasteiger partial charge in [0, 0.05) is 25.5 Å². The van der Waals surface area contributed by atoms with Gasteiger partial charge in [-0.05, 0) is 24.9 Å². The van der Waals surface area contributed by atoms with Crippen LogP contribution in [0.25, 0.3) is 0 Å². The number of likely N-dealkylation sites (tertiary alicyclic amines) is 1. The van der Waals surface area contributed by atoms with E-state index in [-0.39, 0.29) is 11.8 Å². The van der Waals surface area contributed by atoms with Crippen molar-refractivity contribution in [3.8, 4) is 0 Å². The lowest BCUT2D eigenvalue weighted by Crippen LogP contribution is -2.42. The SMILES string of the molecule is O=C(NCc1cnccn1)[C@@H]1CCCN(Cc2ccccc2)C1. The topological polar surface area (TPSA) is 58.1 Å². The standard InChI is InChI=1S/C18H22N4O/c23-18(21-12-17-11-19-8-9-20-17)16-7-4-10-22(14-16)13-15-5-2-1-3-6-15/h1-3,5-6,8-9,11,16H,4,7,10,12-14H2,(H,21,23)/t16-/m1/s1. The second kappa shape index (κ2) is 7.83. The number of piperidine rings is 1. The first-order valence-electron chi connectivity index (χ1n) is 8.10. The Hall–Kier alpha value is -2.27. The third kappa shape index (κ3) is 4.60. The molecule has 2 heterocycles. The number of nitrogens with one attached hydrogen (secondary N) is 1. The van der Waals surface area contributed by atoms with Gasteiger partial charge in [0.05, 0.1) is 24.4 Å². The highest BCUT2D eigenvalue weighted by atomic mass is 16.1. The van der Waals surface area contributed by atoms with E-state index in [2.05, 4.69) is 44.5 Å². The van der Waals surface area contributed by atoms with Crippen LogP contribution in [0.2, 0.25) is 0 Å². The predicted molar refractivity (Wildman–Crippen MR) is 88.3 cm³/mol. The van der Waals surface area contributed by atoms with Gasteiger partial charge in [0.25, 0.3) is 0 Å². The van der Waals surface area contributed by atoms with Crippen LogP contribution < -0.4 is 5.32 Å². The number of hydrogen-bond acceptors (Lipinski definition) is 4. The molecule has 1 aromatic carbocycles. The Bertz CT molecular complexity index is 617.